The zero-order valence-electron chi connectivity index (χ0n) is 10.4. The molecule has 0 aromatic heterocycles. The molecule has 1 aromatic carbocycles. The number of amidine groups is 1. The molecule has 0 radical (unpaired) electrons. The van der Waals surface area contributed by atoms with Crippen molar-refractivity contribution in [2.45, 2.75) is 13.8 Å². The van der Waals surface area contributed by atoms with E-state index in [9.17, 15) is 4.79 Å². The molecule has 0 unspecified atom stereocenters. The number of ether oxygens (including phenoxy) is 1. The van der Waals surface area contributed by atoms with Crippen LogP contribution in [0.15, 0.2) is 29.4 Å². The molecule has 0 aliphatic rings. The third kappa shape index (κ3) is 4.32. The minimum Gasteiger partial charge on any atom is -0.449 e. The lowest BCUT2D eigenvalue weighted by Crippen LogP contribution is -2.17. The maximum atomic E-state index is 11.4. The van der Waals surface area contributed by atoms with E-state index in [1.54, 1.807) is 24.3 Å². The molecule has 6 heteroatoms. The van der Waals surface area contributed by atoms with E-state index in [-0.39, 0.29) is 11.8 Å². The van der Waals surface area contributed by atoms with E-state index >= 15 is 0 Å². The minimum atomic E-state index is -0.527. The molecule has 0 heterocycles. The third-order valence-electron chi connectivity index (χ3n) is 2.06. The highest BCUT2D eigenvalue weighted by Gasteiger charge is 2.06. The number of oxime groups is 1. The van der Waals surface area contributed by atoms with Crippen LogP contribution in [0.4, 0.5) is 10.5 Å². The first-order chi connectivity index (χ1) is 8.52. The van der Waals surface area contributed by atoms with E-state index in [4.69, 9.17) is 15.7 Å². The quantitative estimate of drug-likeness (QED) is 0.330. The van der Waals surface area contributed by atoms with Crippen LogP contribution < -0.4 is 11.1 Å². The number of benzene rings is 1. The molecule has 98 valence electrons. The van der Waals surface area contributed by atoms with Crippen LogP contribution in [-0.4, -0.2) is 23.7 Å². The summed E-state index contributed by atoms with van der Waals surface area (Å²) in [4.78, 5) is 11.4. The van der Waals surface area contributed by atoms with E-state index in [1.165, 1.54) is 0 Å². The molecule has 4 N–H and O–H groups in total. The van der Waals surface area contributed by atoms with Gasteiger partial charge in [-0.15, -0.1) is 0 Å². The van der Waals surface area contributed by atoms with Crippen LogP contribution in [0.3, 0.4) is 0 Å². The topological polar surface area (TPSA) is 96.9 Å². The van der Waals surface area contributed by atoms with Crippen molar-refractivity contribution >= 4 is 17.6 Å². The average molecular weight is 251 g/mol. The Morgan fingerprint density at radius 3 is 2.89 bits per heavy atom. The highest BCUT2D eigenvalue weighted by molar-refractivity contribution is 5.98. The summed E-state index contributed by atoms with van der Waals surface area (Å²) in [6, 6.07) is 6.63. The van der Waals surface area contributed by atoms with Crippen molar-refractivity contribution in [3.63, 3.8) is 0 Å². The Balaban J connectivity index is 2.65. The van der Waals surface area contributed by atoms with Gasteiger partial charge in [0.25, 0.3) is 0 Å². The van der Waals surface area contributed by atoms with E-state index < -0.39 is 6.09 Å². The van der Waals surface area contributed by atoms with Crippen LogP contribution in [-0.2, 0) is 4.74 Å². The van der Waals surface area contributed by atoms with Crippen molar-refractivity contribution in [2.24, 2.45) is 16.8 Å². The normalized spacial score (nSPS) is 11.4. The Bertz CT molecular complexity index is 444. The Morgan fingerprint density at radius 1 is 1.56 bits per heavy atom. The second kappa shape index (κ2) is 6.48. The summed E-state index contributed by atoms with van der Waals surface area (Å²) in [5, 5.41) is 14.0. The van der Waals surface area contributed by atoms with Crippen LogP contribution in [0.2, 0.25) is 0 Å². The van der Waals surface area contributed by atoms with Gasteiger partial charge in [-0.05, 0) is 18.1 Å². The standard InChI is InChI=1S/C12H17N3O3/c1-8(2)7-18-12(16)14-10-5-3-4-9(6-10)11(13)15-17/h3-6,8,17H,7H2,1-2H3,(H2,13,15)(H,14,16). The zero-order valence-corrected chi connectivity index (χ0v) is 10.4. The maximum absolute atomic E-state index is 11.4. The summed E-state index contributed by atoms with van der Waals surface area (Å²) in [7, 11) is 0. The van der Waals surface area contributed by atoms with Crippen molar-refractivity contribution in [3.8, 4) is 0 Å². The number of nitrogens with one attached hydrogen (secondary N) is 1. The average Bonchev–Trinajstić information content (AvgIpc) is 2.35. The molecule has 0 spiro atoms. The van der Waals surface area contributed by atoms with E-state index in [0.29, 0.717) is 17.9 Å². The SMILES string of the molecule is CC(C)COC(=O)Nc1cccc(/C(N)=N/O)c1. The molecule has 0 aliphatic heterocycles. The first-order valence-corrected chi connectivity index (χ1v) is 5.54. The molecule has 1 aromatic rings. The van der Waals surface area contributed by atoms with Crippen molar-refractivity contribution in [1.82, 2.24) is 0 Å². The lowest BCUT2D eigenvalue weighted by Gasteiger charge is -2.09. The fourth-order valence-corrected chi connectivity index (χ4v) is 1.21. The van der Waals surface area contributed by atoms with Gasteiger partial charge in [0.2, 0.25) is 0 Å². The molecule has 0 saturated carbocycles. The molecule has 1 amide bonds. The van der Waals surface area contributed by atoms with Crippen LogP contribution in [0, 0.1) is 5.92 Å². The molecular formula is C12H17N3O3. The number of carbonyl (C=O) groups excluding carboxylic acids is 1. The Hall–Kier alpha value is -2.24. The predicted octanol–water partition coefficient (Wildman–Crippen LogP) is 1.99. The summed E-state index contributed by atoms with van der Waals surface area (Å²) < 4.78 is 4.97. The number of anilines is 1. The van der Waals surface area contributed by atoms with Gasteiger partial charge in [-0.25, -0.2) is 4.79 Å². The van der Waals surface area contributed by atoms with Gasteiger partial charge in [0.15, 0.2) is 5.84 Å². The Morgan fingerprint density at radius 2 is 2.28 bits per heavy atom. The highest BCUT2D eigenvalue weighted by Crippen LogP contribution is 2.11. The van der Waals surface area contributed by atoms with Crippen LogP contribution in [0.5, 0.6) is 0 Å². The first-order valence-electron chi connectivity index (χ1n) is 5.54. The summed E-state index contributed by atoms with van der Waals surface area (Å²) in [6.45, 7) is 4.25. The van der Waals surface area contributed by atoms with Gasteiger partial charge in [-0.1, -0.05) is 31.1 Å². The van der Waals surface area contributed by atoms with Gasteiger partial charge in [0, 0.05) is 11.3 Å². The molecular weight excluding hydrogens is 234 g/mol. The molecule has 0 bridgehead atoms. The van der Waals surface area contributed by atoms with E-state index in [2.05, 4.69) is 10.5 Å². The number of nitrogens with zero attached hydrogens (tertiary/aromatic N) is 1. The van der Waals surface area contributed by atoms with Crippen LogP contribution >= 0.6 is 0 Å². The molecule has 18 heavy (non-hydrogen) atoms. The largest absolute Gasteiger partial charge is 0.449 e. The highest BCUT2D eigenvalue weighted by atomic mass is 16.5. The zero-order chi connectivity index (χ0) is 13.5. The molecule has 0 saturated heterocycles. The lowest BCUT2D eigenvalue weighted by molar-refractivity contribution is 0.147. The second-order valence-corrected chi connectivity index (χ2v) is 4.18. The second-order valence-electron chi connectivity index (χ2n) is 4.18. The predicted molar refractivity (Wildman–Crippen MR) is 68.8 cm³/mol. The van der Waals surface area contributed by atoms with Gasteiger partial charge < -0.3 is 15.7 Å². The summed E-state index contributed by atoms with van der Waals surface area (Å²) in [6.07, 6.45) is -0.527. The van der Waals surface area contributed by atoms with Gasteiger partial charge >= 0.3 is 6.09 Å². The molecule has 6 nitrogen and oxygen atoms in total. The molecule has 0 atom stereocenters. The number of hydrogen-bond donors (Lipinski definition) is 3. The summed E-state index contributed by atoms with van der Waals surface area (Å²) in [5.74, 6) is 0.258. The monoisotopic (exact) mass is 251 g/mol. The van der Waals surface area contributed by atoms with Gasteiger partial charge in [0.1, 0.15) is 0 Å². The molecule has 0 aliphatic carbocycles. The maximum Gasteiger partial charge on any atom is 0.411 e. The van der Waals surface area contributed by atoms with Gasteiger partial charge in [0.05, 0.1) is 6.61 Å². The smallest absolute Gasteiger partial charge is 0.411 e. The summed E-state index contributed by atoms with van der Waals surface area (Å²) >= 11 is 0. The first kappa shape index (κ1) is 13.8. The van der Waals surface area contributed by atoms with Crippen LogP contribution in [0.1, 0.15) is 19.4 Å². The minimum absolute atomic E-state index is 0.0193. The van der Waals surface area contributed by atoms with E-state index in [1.807, 2.05) is 13.8 Å². The van der Waals surface area contributed by atoms with Crippen LogP contribution in [0.25, 0.3) is 0 Å². The van der Waals surface area contributed by atoms with Crippen molar-refractivity contribution in [3.05, 3.63) is 29.8 Å². The molecule has 0 fully saturated rings. The third-order valence-corrected chi connectivity index (χ3v) is 2.06. The number of carbonyl (C=O) groups is 1. The van der Waals surface area contributed by atoms with Crippen molar-refractivity contribution in [2.75, 3.05) is 11.9 Å². The Kier molecular flexibility index (Phi) is 4.98. The van der Waals surface area contributed by atoms with Crippen molar-refractivity contribution in [1.29, 1.82) is 0 Å². The van der Waals surface area contributed by atoms with Crippen molar-refractivity contribution < 1.29 is 14.7 Å². The molecule has 1 rings (SSSR count). The summed E-state index contributed by atoms with van der Waals surface area (Å²) in [5.41, 5.74) is 6.48. The lowest BCUT2D eigenvalue weighted by atomic mass is 10.2. The van der Waals surface area contributed by atoms with E-state index in [0.717, 1.165) is 0 Å². The Labute approximate surface area is 105 Å². The number of nitrogens with two attached hydrogens (primary N) is 1. The number of rotatable bonds is 4. The fourth-order valence-electron chi connectivity index (χ4n) is 1.21. The van der Waals surface area contributed by atoms with Gasteiger partial charge in [-0.3, -0.25) is 5.32 Å². The number of hydrogen-bond acceptors (Lipinski definition) is 4. The number of amides is 1. The fraction of sp³-hybridized carbons (Fsp3) is 0.333. The van der Waals surface area contributed by atoms with Gasteiger partial charge in [-0.2, -0.15) is 0 Å².